The summed E-state index contributed by atoms with van der Waals surface area (Å²) in [6, 6.07) is 19.3. The van der Waals surface area contributed by atoms with Crippen LogP contribution in [0.15, 0.2) is 60.7 Å². The summed E-state index contributed by atoms with van der Waals surface area (Å²) in [5.74, 6) is 0.783. The first-order valence-electron chi connectivity index (χ1n) is 11.2. The van der Waals surface area contributed by atoms with Gasteiger partial charge in [0, 0.05) is 29.4 Å². The largest absolute Gasteiger partial charge is 0.356 e. The van der Waals surface area contributed by atoms with E-state index in [0.29, 0.717) is 16.3 Å². The Labute approximate surface area is 195 Å². The molecule has 1 aliphatic rings. The van der Waals surface area contributed by atoms with Crippen LogP contribution in [-0.2, 0) is 0 Å². The van der Waals surface area contributed by atoms with Crippen LogP contribution in [-0.4, -0.2) is 24.0 Å². The van der Waals surface area contributed by atoms with Gasteiger partial charge < -0.3 is 10.2 Å². The first kappa shape index (κ1) is 22.3. The molecule has 1 saturated heterocycles. The van der Waals surface area contributed by atoms with Crippen molar-refractivity contribution in [3.63, 3.8) is 0 Å². The fourth-order valence-corrected chi connectivity index (χ4v) is 4.61. The maximum Gasteiger partial charge on any atom is 0.257 e. The van der Waals surface area contributed by atoms with Crippen molar-refractivity contribution in [2.45, 2.75) is 40.0 Å². The van der Waals surface area contributed by atoms with Crippen LogP contribution in [0.3, 0.4) is 0 Å². The van der Waals surface area contributed by atoms with E-state index in [9.17, 15) is 4.79 Å². The predicted molar refractivity (Wildman–Crippen MR) is 134 cm³/mol. The lowest BCUT2D eigenvalue weighted by atomic mass is 9.88. The minimum absolute atomic E-state index is 0.168. The van der Waals surface area contributed by atoms with Gasteiger partial charge in [0.15, 0.2) is 0 Å². The molecule has 1 fully saturated rings. The van der Waals surface area contributed by atoms with Gasteiger partial charge in [0.05, 0.1) is 11.3 Å². The number of nitrogens with one attached hydrogen (secondary N) is 1. The zero-order chi connectivity index (χ0) is 22.7. The molecule has 4 rings (SSSR count). The summed E-state index contributed by atoms with van der Waals surface area (Å²) in [5, 5.41) is 3.66. The van der Waals surface area contributed by atoms with Crippen LogP contribution in [0.4, 0.5) is 11.5 Å². The lowest BCUT2D eigenvalue weighted by Gasteiger charge is -2.30. The molecule has 0 radical (unpaired) electrons. The molecular weight excluding hydrogens is 418 g/mol. The summed E-state index contributed by atoms with van der Waals surface area (Å²) in [6.45, 7) is 8.52. The summed E-state index contributed by atoms with van der Waals surface area (Å²) in [5.41, 5.74) is 4.19. The van der Waals surface area contributed by atoms with E-state index in [1.54, 1.807) is 0 Å². The molecule has 0 aliphatic carbocycles. The topological polar surface area (TPSA) is 45.2 Å². The van der Waals surface area contributed by atoms with Crippen molar-refractivity contribution in [2.75, 3.05) is 23.3 Å². The van der Waals surface area contributed by atoms with Gasteiger partial charge in [-0.25, -0.2) is 4.98 Å². The molecule has 1 aliphatic heterocycles. The highest BCUT2D eigenvalue weighted by molar-refractivity contribution is 6.33. The SMILES string of the molecule is Cc1nc(N2CCCCC(C)(C)C2)ccc1C(=O)Nc1ccc(Cl)c(-c2ccccc2)c1. The number of hydrogen-bond acceptors (Lipinski definition) is 3. The number of rotatable bonds is 4. The van der Waals surface area contributed by atoms with Crippen LogP contribution in [0, 0.1) is 12.3 Å². The molecule has 4 nitrogen and oxygen atoms in total. The average Bonchev–Trinajstić information content (AvgIpc) is 2.96. The average molecular weight is 448 g/mol. The summed E-state index contributed by atoms with van der Waals surface area (Å²) in [4.78, 5) is 20.2. The van der Waals surface area contributed by atoms with Gasteiger partial charge in [-0.2, -0.15) is 0 Å². The molecule has 1 amide bonds. The van der Waals surface area contributed by atoms with E-state index in [1.165, 1.54) is 19.3 Å². The smallest absolute Gasteiger partial charge is 0.257 e. The molecule has 0 saturated carbocycles. The van der Waals surface area contributed by atoms with E-state index in [0.717, 1.165) is 35.7 Å². The number of aromatic nitrogens is 1. The maximum absolute atomic E-state index is 13.0. The number of nitrogens with zero attached hydrogens (tertiary/aromatic N) is 2. The third kappa shape index (κ3) is 5.13. The summed E-state index contributed by atoms with van der Waals surface area (Å²) in [6.07, 6.45) is 3.65. The summed E-state index contributed by atoms with van der Waals surface area (Å²) in [7, 11) is 0. The van der Waals surface area contributed by atoms with Crippen LogP contribution >= 0.6 is 11.6 Å². The number of hydrogen-bond donors (Lipinski definition) is 1. The van der Waals surface area contributed by atoms with E-state index in [1.807, 2.05) is 67.6 Å². The van der Waals surface area contributed by atoms with Gasteiger partial charge in [-0.1, -0.05) is 62.2 Å². The number of benzene rings is 2. The third-order valence-corrected chi connectivity index (χ3v) is 6.43. The van der Waals surface area contributed by atoms with Crippen molar-refractivity contribution in [3.05, 3.63) is 76.9 Å². The number of carbonyl (C=O) groups excluding carboxylic acids is 1. The second kappa shape index (κ2) is 9.33. The van der Waals surface area contributed by atoms with Crippen molar-refractivity contribution >= 4 is 29.0 Å². The van der Waals surface area contributed by atoms with Crippen LogP contribution in [0.5, 0.6) is 0 Å². The fourth-order valence-electron chi connectivity index (χ4n) is 4.38. The Morgan fingerprint density at radius 2 is 1.84 bits per heavy atom. The monoisotopic (exact) mass is 447 g/mol. The normalized spacial score (nSPS) is 15.8. The maximum atomic E-state index is 13.0. The molecule has 5 heteroatoms. The number of carbonyl (C=O) groups is 1. The minimum Gasteiger partial charge on any atom is -0.356 e. The van der Waals surface area contributed by atoms with E-state index >= 15 is 0 Å². The highest BCUT2D eigenvalue weighted by Crippen LogP contribution is 2.32. The standard InChI is InChI=1S/C27H30ClN3O/c1-19-22(12-14-25(29-19)31-16-8-7-15-27(2,3)18-31)26(32)30-21-11-13-24(28)23(17-21)20-9-5-4-6-10-20/h4-6,9-14,17H,7-8,15-16,18H2,1-3H3,(H,30,32). The van der Waals surface area contributed by atoms with E-state index in [2.05, 4.69) is 24.1 Å². The zero-order valence-corrected chi connectivity index (χ0v) is 19.7. The zero-order valence-electron chi connectivity index (χ0n) is 19.0. The van der Waals surface area contributed by atoms with Gasteiger partial charge >= 0.3 is 0 Å². The van der Waals surface area contributed by atoms with E-state index < -0.39 is 0 Å². The Morgan fingerprint density at radius 1 is 1.06 bits per heavy atom. The quantitative estimate of drug-likeness (QED) is 0.469. The van der Waals surface area contributed by atoms with Crippen LogP contribution in [0.25, 0.3) is 11.1 Å². The second-order valence-corrected chi connectivity index (χ2v) is 9.77. The molecule has 0 atom stereocenters. The van der Waals surface area contributed by atoms with Gasteiger partial charge in [-0.3, -0.25) is 4.79 Å². The summed E-state index contributed by atoms with van der Waals surface area (Å²) < 4.78 is 0. The van der Waals surface area contributed by atoms with E-state index in [4.69, 9.17) is 16.6 Å². The Bertz CT molecular complexity index is 1110. The molecular formula is C27H30ClN3O. The molecule has 3 aromatic rings. The van der Waals surface area contributed by atoms with E-state index in [-0.39, 0.29) is 11.3 Å². The second-order valence-electron chi connectivity index (χ2n) is 9.36. The van der Waals surface area contributed by atoms with Gasteiger partial charge in [-0.15, -0.1) is 0 Å². The Balaban J connectivity index is 1.53. The molecule has 166 valence electrons. The predicted octanol–water partition coefficient (Wildman–Crippen LogP) is 6.98. The molecule has 0 spiro atoms. The Morgan fingerprint density at radius 3 is 2.59 bits per heavy atom. The third-order valence-electron chi connectivity index (χ3n) is 6.10. The first-order chi connectivity index (χ1) is 15.3. The van der Waals surface area contributed by atoms with Gasteiger partial charge in [0.2, 0.25) is 0 Å². The first-order valence-corrected chi connectivity index (χ1v) is 11.6. The lowest BCUT2D eigenvalue weighted by molar-refractivity contribution is 0.102. The number of pyridine rings is 1. The summed E-state index contributed by atoms with van der Waals surface area (Å²) >= 11 is 6.41. The van der Waals surface area contributed by atoms with Gasteiger partial charge in [0.1, 0.15) is 5.82 Å². The molecule has 32 heavy (non-hydrogen) atoms. The lowest BCUT2D eigenvalue weighted by Crippen LogP contribution is -2.33. The Kier molecular flexibility index (Phi) is 6.52. The molecule has 0 unspecified atom stereocenters. The van der Waals surface area contributed by atoms with Crippen molar-refractivity contribution in [1.29, 1.82) is 0 Å². The van der Waals surface area contributed by atoms with Crippen LogP contribution < -0.4 is 10.2 Å². The number of amides is 1. The van der Waals surface area contributed by atoms with Crippen LogP contribution in [0.1, 0.15) is 49.2 Å². The number of anilines is 2. The number of aryl methyl sites for hydroxylation is 1. The van der Waals surface area contributed by atoms with Gasteiger partial charge in [0.25, 0.3) is 5.91 Å². The molecule has 1 N–H and O–H groups in total. The fraction of sp³-hybridized carbons (Fsp3) is 0.333. The van der Waals surface area contributed by atoms with Crippen LogP contribution in [0.2, 0.25) is 5.02 Å². The van der Waals surface area contributed by atoms with Crippen molar-refractivity contribution < 1.29 is 4.79 Å². The molecule has 2 heterocycles. The highest BCUT2D eigenvalue weighted by Gasteiger charge is 2.26. The van der Waals surface area contributed by atoms with Crippen molar-refractivity contribution in [2.24, 2.45) is 5.41 Å². The number of halogens is 1. The van der Waals surface area contributed by atoms with Crippen molar-refractivity contribution in [1.82, 2.24) is 4.98 Å². The minimum atomic E-state index is -0.168. The van der Waals surface area contributed by atoms with Crippen molar-refractivity contribution in [3.8, 4) is 11.1 Å². The molecule has 1 aromatic heterocycles. The molecule has 2 aromatic carbocycles. The highest BCUT2D eigenvalue weighted by atomic mass is 35.5. The van der Waals surface area contributed by atoms with Gasteiger partial charge in [-0.05, 0) is 61.1 Å². The Hall–Kier alpha value is -2.85. The molecule has 0 bridgehead atoms.